The summed E-state index contributed by atoms with van der Waals surface area (Å²) in [7, 11) is 0. The number of carbonyl (C=O) groups is 5. The average Bonchev–Trinajstić information content (AvgIpc) is 3.48. The van der Waals surface area contributed by atoms with Crippen LogP contribution < -0.4 is 16.4 Å². The standard InChI is InChI=1S/C25H20F6N4O6S3/c26-24(27,28)13-3-11(4-14(6-13)25(29,30)31)12-5-15(43-10-12)7-17-21(39)35(23(42)44-17)9-20(38)33-8-19(37)34-16(22(40)41)1-2-18(32)36/h3-7,10,16H,1-2,8-9H2,(H2,32,36)(H,33,38)(H,34,37)(H,40,41)/b17-7-/t16-/m0/s1. The number of carboxylic acids is 1. The van der Waals surface area contributed by atoms with Crippen LogP contribution in [0.1, 0.15) is 28.8 Å². The molecule has 0 saturated carbocycles. The van der Waals surface area contributed by atoms with E-state index in [1.807, 2.05) is 0 Å². The van der Waals surface area contributed by atoms with Gasteiger partial charge in [0.2, 0.25) is 17.7 Å². The first-order valence-electron chi connectivity index (χ1n) is 12.1. The lowest BCUT2D eigenvalue weighted by Crippen LogP contribution is -2.47. The van der Waals surface area contributed by atoms with Gasteiger partial charge in [-0.3, -0.25) is 24.1 Å². The Hall–Kier alpha value is -3.97. The van der Waals surface area contributed by atoms with E-state index in [2.05, 4.69) is 10.6 Å². The molecule has 0 spiro atoms. The number of thioether (sulfide) groups is 1. The van der Waals surface area contributed by atoms with E-state index in [0.29, 0.717) is 17.0 Å². The highest BCUT2D eigenvalue weighted by Gasteiger charge is 2.37. The molecule has 0 unspecified atom stereocenters. The summed E-state index contributed by atoms with van der Waals surface area (Å²) in [4.78, 5) is 60.6. The summed E-state index contributed by atoms with van der Waals surface area (Å²) in [6, 6.07) is 1.06. The third-order valence-corrected chi connectivity index (χ3v) is 8.01. The van der Waals surface area contributed by atoms with Crippen molar-refractivity contribution in [1.29, 1.82) is 0 Å². The minimum absolute atomic E-state index is 0.0180. The molecule has 1 aromatic heterocycles. The Balaban J connectivity index is 1.66. The first kappa shape index (κ1) is 34.5. The van der Waals surface area contributed by atoms with Crippen molar-refractivity contribution in [3.8, 4) is 11.1 Å². The Kier molecular flexibility index (Phi) is 10.8. The highest BCUT2D eigenvalue weighted by molar-refractivity contribution is 8.26. The van der Waals surface area contributed by atoms with Gasteiger partial charge < -0.3 is 21.5 Å². The molecule has 1 atom stereocenters. The number of nitrogens with zero attached hydrogens (tertiary/aromatic N) is 1. The number of primary amides is 1. The molecule has 0 aliphatic carbocycles. The highest BCUT2D eigenvalue weighted by atomic mass is 32.2. The molecule has 1 aliphatic rings. The second-order valence-electron chi connectivity index (χ2n) is 9.04. The van der Waals surface area contributed by atoms with Crippen molar-refractivity contribution >= 4 is 75.3 Å². The van der Waals surface area contributed by atoms with E-state index in [1.165, 1.54) is 17.5 Å². The summed E-state index contributed by atoms with van der Waals surface area (Å²) in [6.45, 7) is -1.27. The molecule has 0 bridgehead atoms. The van der Waals surface area contributed by atoms with Crippen molar-refractivity contribution in [1.82, 2.24) is 15.5 Å². The number of rotatable bonds is 11. The predicted molar refractivity (Wildman–Crippen MR) is 151 cm³/mol. The third kappa shape index (κ3) is 9.26. The number of thiocarbonyl (C=S) groups is 1. The van der Waals surface area contributed by atoms with Crippen molar-refractivity contribution in [2.24, 2.45) is 5.73 Å². The molecule has 4 amide bonds. The molecule has 2 aromatic rings. The predicted octanol–water partition coefficient (Wildman–Crippen LogP) is 3.61. The molecule has 236 valence electrons. The van der Waals surface area contributed by atoms with Crippen LogP contribution in [0.3, 0.4) is 0 Å². The second kappa shape index (κ2) is 13.8. The smallest absolute Gasteiger partial charge is 0.416 e. The SMILES string of the molecule is NC(=O)CC[C@H](NC(=O)CNC(=O)CN1C(=O)/C(=C/c2cc(-c3cc(C(F)(F)F)cc(C(F)(F)F)c3)cs2)SC1=S)C(=O)O. The number of carboxylic acid groups (broad SMARTS) is 1. The summed E-state index contributed by atoms with van der Waals surface area (Å²) in [5.41, 5.74) is 1.73. The molecule has 2 heterocycles. The monoisotopic (exact) mass is 682 g/mol. The van der Waals surface area contributed by atoms with Crippen LogP contribution in [0.2, 0.25) is 0 Å². The number of alkyl halides is 6. The third-order valence-electron chi connectivity index (χ3n) is 5.75. The normalized spacial score (nSPS) is 15.4. The summed E-state index contributed by atoms with van der Waals surface area (Å²) in [5, 5.41) is 14.8. The summed E-state index contributed by atoms with van der Waals surface area (Å²) < 4.78 is 79.4. The van der Waals surface area contributed by atoms with Crippen LogP contribution in [0.5, 0.6) is 0 Å². The van der Waals surface area contributed by atoms with Gasteiger partial charge >= 0.3 is 18.3 Å². The maximum Gasteiger partial charge on any atom is 0.416 e. The van der Waals surface area contributed by atoms with E-state index in [-0.39, 0.29) is 39.3 Å². The molecular weight excluding hydrogens is 662 g/mol. The van der Waals surface area contributed by atoms with Crippen molar-refractivity contribution in [2.75, 3.05) is 13.1 Å². The van der Waals surface area contributed by atoms with Crippen LogP contribution in [0.15, 0.2) is 34.6 Å². The summed E-state index contributed by atoms with van der Waals surface area (Å²) in [5.74, 6) is -4.63. The number of nitrogens with two attached hydrogens (primary N) is 1. The lowest BCUT2D eigenvalue weighted by Gasteiger charge is -2.16. The zero-order valence-corrected chi connectivity index (χ0v) is 24.3. The summed E-state index contributed by atoms with van der Waals surface area (Å²) >= 11 is 6.87. The van der Waals surface area contributed by atoms with Gasteiger partial charge in [0, 0.05) is 11.3 Å². The van der Waals surface area contributed by atoms with Crippen LogP contribution in [-0.4, -0.2) is 63.1 Å². The van der Waals surface area contributed by atoms with Crippen molar-refractivity contribution in [2.45, 2.75) is 31.2 Å². The minimum Gasteiger partial charge on any atom is -0.480 e. The Morgan fingerprint density at radius 1 is 1.00 bits per heavy atom. The van der Waals surface area contributed by atoms with Crippen molar-refractivity contribution < 1.29 is 55.4 Å². The van der Waals surface area contributed by atoms with Crippen LogP contribution in [0.25, 0.3) is 17.2 Å². The number of nitrogens with one attached hydrogen (secondary N) is 2. The Bertz CT molecular complexity index is 1510. The fourth-order valence-electron chi connectivity index (χ4n) is 3.63. The van der Waals surface area contributed by atoms with Gasteiger partial charge in [-0.1, -0.05) is 24.0 Å². The molecule has 10 nitrogen and oxygen atoms in total. The van der Waals surface area contributed by atoms with Crippen molar-refractivity contribution in [3.63, 3.8) is 0 Å². The lowest BCUT2D eigenvalue weighted by atomic mass is 10.0. The van der Waals surface area contributed by atoms with E-state index in [0.717, 1.165) is 28.0 Å². The average molecular weight is 683 g/mol. The van der Waals surface area contributed by atoms with E-state index in [4.69, 9.17) is 23.1 Å². The number of carbonyl (C=O) groups excluding carboxylic acids is 4. The molecule has 1 saturated heterocycles. The molecule has 0 radical (unpaired) electrons. The molecule has 1 aliphatic heterocycles. The van der Waals surface area contributed by atoms with Gasteiger partial charge in [0.05, 0.1) is 22.6 Å². The lowest BCUT2D eigenvalue weighted by molar-refractivity contribution is -0.143. The molecule has 1 fully saturated rings. The number of thiophene rings is 1. The second-order valence-corrected chi connectivity index (χ2v) is 11.7. The number of halogens is 6. The first-order valence-corrected chi connectivity index (χ1v) is 14.2. The van der Waals surface area contributed by atoms with Gasteiger partial charge in [-0.05, 0) is 53.3 Å². The van der Waals surface area contributed by atoms with Gasteiger partial charge in [-0.15, -0.1) is 11.3 Å². The largest absolute Gasteiger partial charge is 0.480 e. The fraction of sp³-hybridized carbons (Fsp3) is 0.280. The van der Waals surface area contributed by atoms with E-state index < -0.39 is 72.2 Å². The first-order chi connectivity index (χ1) is 20.3. The van der Waals surface area contributed by atoms with Gasteiger partial charge in [-0.25, -0.2) is 4.79 Å². The molecule has 19 heteroatoms. The van der Waals surface area contributed by atoms with Gasteiger partial charge in [0.15, 0.2) is 0 Å². The Morgan fingerprint density at radius 3 is 2.16 bits per heavy atom. The quantitative estimate of drug-likeness (QED) is 0.159. The number of hydrogen-bond donors (Lipinski definition) is 4. The van der Waals surface area contributed by atoms with Gasteiger partial charge in [-0.2, -0.15) is 26.3 Å². The van der Waals surface area contributed by atoms with E-state index in [1.54, 1.807) is 0 Å². The van der Waals surface area contributed by atoms with Crippen LogP contribution in [0.4, 0.5) is 26.3 Å². The molecular formula is C25H20F6N4O6S3. The molecule has 3 rings (SSSR count). The molecule has 44 heavy (non-hydrogen) atoms. The van der Waals surface area contributed by atoms with Gasteiger partial charge in [0.1, 0.15) is 16.9 Å². The zero-order chi connectivity index (χ0) is 33.0. The highest BCUT2D eigenvalue weighted by Crippen LogP contribution is 2.40. The van der Waals surface area contributed by atoms with Gasteiger partial charge in [0.25, 0.3) is 5.91 Å². The number of amides is 4. The van der Waals surface area contributed by atoms with Crippen LogP contribution in [0, 0.1) is 0 Å². The number of aliphatic carboxylic acids is 1. The van der Waals surface area contributed by atoms with E-state index >= 15 is 0 Å². The minimum atomic E-state index is -5.02. The Labute approximate surface area is 257 Å². The number of benzene rings is 1. The maximum atomic E-state index is 13.2. The summed E-state index contributed by atoms with van der Waals surface area (Å²) in [6.07, 6.45) is -9.30. The fourth-order valence-corrected chi connectivity index (χ4v) is 5.80. The molecule has 1 aromatic carbocycles. The van der Waals surface area contributed by atoms with Crippen LogP contribution in [-0.2, 0) is 36.3 Å². The maximum absolute atomic E-state index is 13.2. The zero-order valence-electron chi connectivity index (χ0n) is 21.9. The Morgan fingerprint density at radius 2 is 1.61 bits per heavy atom. The topological polar surface area (TPSA) is 159 Å². The van der Waals surface area contributed by atoms with Crippen molar-refractivity contribution in [3.05, 3.63) is 50.6 Å². The van der Waals surface area contributed by atoms with E-state index in [9.17, 15) is 50.3 Å². The van der Waals surface area contributed by atoms with Crippen LogP contribution >= 0.6 is 35.3 Å². The molecule has 5 N–H and O–H groups in total. The number of hydrogen-bond acceptors (Lipinski definition) is 8.